The zero-order valence-electron chi connectivity index (χ0n) is 13.2. The van der Waals surface area contributed by atoms with E-state index in [1.807, 2.05) is 0 Å². The molecule has 0 atom stereocenters. The Hall–Kier alpha value is -2.43. The minimum atomic E-state index is -4.65. The van der Waals surface area contributed by atoms with E-state index in [2.05, 4.69) is 36.5 Å². The Labute approximate surface area is 147 Å². The second-order valence-electron chi connectivity index (χ2n) is 5.33. The first-order chi connectivity index (χ1) is 11.6. The second kappa shape index (κ2) is 5.83. The Morgan fingerprint density at radius 2 is 2.00 bits per heavy atom. The molecule has 0 fully saturated rings. The van der Waals surface area contributed by atoms with Crippen LogP contribution in [0.2, 0.25) is 0 Å². The number of hydrogen-bond acceptors (Lipinski definition) is 5. The van der Waals surface area contributed by atoms with Gasteiger partial charge in [0.15, 0.2) is 17.1 Å². The number of hydrogen-bond donors (Lipinski definition) is 1. The van der Waals surface area contributed by atoms with Crippen LogP contribution >= 0.6 is 15.9 Å². The molecule has 3 rings (SSSR count). The van der Waals surface area contributed by atoms with Crippen LogP contribution in [0.5, 0.6) is 0 Å². The standard InChI is InChI=1S/C14H11BrF3N5O2/c1-5-4-8(14(16,17)18)23-12(19-5)9(15)11(21-23)13(24)20-10-6(2)22-25-7(10)3/h4H,1-3H3,(H,20,24). The number of aryl methyl sites for hydroxylation is 3. The van der Waals surface area contributed by atoms with Crippen LogP contribution in [-0.2, 0) is 6.18 Å². The molecule has 0 aromatic carbocycles. The molecule has 0 aliphatic rings. The fourth-order valence-electron chi connectivity index (χ4n) is 2.29. The average Bonchev–Trinajstić information content (AvgIpc) is 3.00. The van der Waals surface area contributed by atoms with Crippen molar-refractivity contribution in [1.29, 1.82) is 0 Å². The summed E-state index contributed by atoms with van der Waals surface area (Å²) in [6, 6.07) is 0.864. The van der Waals surface area contributed by atoms with E-state index >= 15 is 0 Å². The van der Waals surface area contributed by atoms with E-state index in [0.717, 1.165) is 6.07 Å². The molecule has 132 valence electrons. The molecule has 3 aromatic rings. The van der Waals surface area contributed by atoms with Gasteiger partial charge in [0.2, 0.25) is 0 Å². The van der Waals surface area contributed by atoms with Gasteiger partial charge in [-0.1, -0.05) is 5.16 Å². The van der Waals surface area contributed by atoms with E-state index in [-0.39, 0.29) is 21.5 Å². The molecule has 0 spiro atoms. The number of nitrogens with one attached hydrogen (secondary N) is 1. The van der Waals surface area contributed by atoms with Crippen molar-refractivity contribution in [3.05, 3.63) is 39.1 Å². The fraction of sp³-hybridized carbons (Fsp3) is 0.286. The van der Waals surface area contributed by atoms with Crippen molar-refractivity contribution >= 4 is 33.2 Å². The third kappa shape index (κ3) is 2.99. The van der Waals surface area contributed by atoms with Crippen molar-refractivity contribution < 1.29 is 22.5 Å². The van der Waals surface area contributed by atoms with Crippen LogP contribution in [0.15, 0.2) is 15.1 Å². The summed E-state index contributed by atoms with van der Waals surface area (Å²) in [6.45, 7) is 4.65. The Kier molecular flexibility index (Phi) is 4.06. The van der Waals surface area contributed by atoms with Crippen molar-refractivity contribution in [3.63, 3.8) is 0 Å². The molecule has 25 heavy (non-hydrogen) atoms. The van der Waals surface area contributed by atoms with E-state index in [1.165, 1.54) is 6.92 Å². The molecule has 7 nitrogen and oxygen atoms in total. The number of alkyl halides is 3. The molecule has 3 heterocycles. The summed E-state index contributed by atoms with van der Waals surface area (Å²) < 4.78 is 45.3. The van der Waals surface area contributed by atoms with Gasteiger partial charge in [-0.15, -0.1) is 0 Å². The van der Waals surface area contributed by atoms with Crippen LogP contribution in [0.4, 0.5) is 18.9 Å². The monoisotopic (exact) mass is 417 g/mol. The number of anilines is 1. The minimum absolute atomic E-state index is 0.0611. The molecule has 11 heteroatoms. The van der Waals surface area contributed by atoms with Crippen LogP contribution in [0.3, 0.4) is 0 Å². The molecule has 0 bridgehead atoms. The highest BCUT2D eigenvalue weighted by molar-refractivity contribution is 9.10. The smallest absolute Gasteiger partial charge is 0.359 e. The summed E-state index contributed by atoms with van der Waals surface area (Å²) >= 11 is 3.12. The Balaban J connectivity index is 2.12. The van der Waals surface area contributed by atoms with E-state index in [9.17, 15) is 18.0 Å². The van der Waals surface area contributed by atoms with Gasteiger partial charge < -0.3 is 9.84 Å². The van der Waals surface area contributed by atoms with Gasteiger partial charge in [0.05, 0.1) is 4.47 Å². The first-order valence-corrected chi connectivity index (χ1v) is 7.76. The second-order valence-corrected chi connectivity index (χ2v) is 6.12. The first-order valence-electron chi connectivity index (χ1n) is 6.97. The quantitative estimate of drug-likeness (QED) is 0.687. The van der Waals surface area contributed by atoms with Gasteiger partial charge in [-0.3, -0.25) is 4.79 Å². The minimum Gasteiger partial charge on any atom is -0.359 e. The maximum absolute atomic E-state index is 13.2. The largest absolute Gasteiger partial charge is 0.433 e. The van der Waals surface area contributed by atoms with Gasteiger partial charge in [0.1, 0.15) is 17.1 Å². The van der Waals surface area contributed by atoms with Crippen molar-refractivity contribution in [3.8, 4) is 0 Å². The van der Waals surface area contributed by atoms with Crippen LogP contribution in [0.25, 0.3) is 5.65 Å². The fourth-order valence-corrected chi connectivity index (χ4v) is 2.81. The zero-order chi connectivity index (χ0) is 18.5. The summed E-state index contributed by atoms with van der Waals surface area (Å²) in [5.74, 6) is -0.340. The Morgan fingerprint density at radius 3 is 2.56 bits per heavy atom. The molecule has 0 aliphatic heterocycles. The predicted molar refractivity (Wildman–Crippen MR) is 84.4 cm³/mol. The van der Waals surface area contributed by atoms with Gasteiger partial charge in [-0.2, -0.15) is 18.3 Å². The number of carbonyl (C=O) groups is 1. The van der Waals surface area contributed by atoms with Gasteiger partial charge in [-0.05, 0) is 42.8 Å². The number of nitrogens with zero attached hydrogens (tertiary/aromatic N) is 4. The van der Waals surface area contributed by atoms with Gasteiger partial charge in [-0.25, -0.2) is 9.50 Å². The molecule has 1 N–H and O–H groups in total. The van der Waals surface area contributed by atoms with E-state index < -0.39 is 17.8 Å². The lowest BCUT2D eigenvalue weighted by Gasteiger charge is -2.09. The number of carbonyl (C=O) groups excluding carboxylic acids is 1. The molecule has 3 aromatic heterocycles. The highest BCUT2D eigenvalue weighted by atomic mass is 79.9. The summed E-state index contributed by atoms with van der Waals surface area (Å²) in [5.41, 5.74) is -0.421. The van der Waals surface area contributed by atoms with E-state index in [0.29, 0.717) is 21.7 Å². The van der Waals surface area contributed by atoms with Crippen LogP contribution < -0.4 is 5.32 Å². The highest BCUT2D eigenvalue weighted by Gasteiger charge is 2.36. The lowest BCUT2D eigenvalue weighted by molar-refractivity contribution is -0.142. The van der Waals surface area contributed by atoms with Crippen molar-refractivity contribution in [1.82, 2.24) is 19.8 Å². The van der Waals surface area contributed by atoms with E-state index in [1.54, 1.807) is 13.8 Å². The zero-order valence-corrected chi connectivity index (χ0v) is 14.8. The molecule has 1 amide bonds. The number of amides is 1. The Bertz CT molecular complexity index is 973. The number of halogens is 4. The number of rotatable bonds is 2. The SMILES string of the molecule is Cc1cc(C(F)(F)F)n2nc(C(=O)Nc3c(C)noc3C)c(Br)c2n1. The van der Waals surface area contributed by atoms with Crippen LogP contribution in [0, 0.1) is 20.8 Å². The summed E-state index contributed by atoms with van der Waals surface area (Å²) in [6.07, 6.45) is -4.65. The topological polar surface area (TPSA) is 85.3 Å². The lowest BCUT2D eigenvalue weighted by atomic mass is 10.3. The molecule has 0 saturated carbocycles. The van der Waals surface area contributed by atoms with Gasteiger partial charge >= 0.3 is 6.18 Å². The van der Waals surface area contributed by atoms with Crippen LogP contribution in [-0.4, -0.2) is 25.7 Å². The van der Waals surface area contributed by atoms with Crippen molar-refractivity contribution in [2.75, 3.05) is 5.32 Å². The third-order valence-electron chi connectivity index (χ3n) is 3.44. The number of fused-ring (bicyclic) bond motifs is 1. The van der Waals surface area contributed by atoms with E-state index in [4.69, 9.17) is 4.52 Å². The van der Waals surface area contributed by atoms with Crippen molar-refractivity contribution in [2.45, 2.75) is 26.9 Å². The summed E-state index contributed by atoms with van der Waals surface area (Å²) in [7, 11) is 0. The predicted octanol–water partition coefficient (Wildman–Crippen LogP) is 3.68. The molecule has 0 saturated heterocycles. The molecule has 0 unspecified atom stereocenters. The first kappa shape index (κ1) is 17.4. The lowest BCUT2D eigenvalue weighted by Crippen LogP contribution is -2.16. The number of aromatic nitrogens is 4. The highest BCUT2D eigenvalue weighted by Crippen LogP contribution is 2.32. The molecule has 0 aliphatic carbocycles. The van der Waals surface area contributed by atoms with Crippen molar-refractivity contribution in [2.24, 2.45) is 0 Å². The van der Waals surface area contributed by atoms with Gasteiger partial charge in [0.25, 0.3) is 5.91 Å². The summed E-state index contributed by atoms with van der Waals surface area (Å²) in [4.78, 5) is 16.5. The maximum Gasteiger partial charge on any atom is 0.433 e. The molecular formula is C14H11BrF3N5O2. The third-order valence-corrected chi connectivity index (χ3v) is 4.17. The molecular weight excluding hydrogens is 407 g/mol. The average molecular weight is 418 g/mol. The van der Waals surface area contributed by atoms with Crippen LogP contribution in [0.1, 0.15) is 33.3 Å². The van der Waals surface area contributed by atoms with Gasteiger partial charge in [0, 0.05) is 5.69 Å². The normalized spacial score (nSPS) is 12.0. The maximum atomic E-state index is 13.2. The molecule has 0 radical (unpaired) electrons. The summed E-state index contributed by atoms with van der Waals surface area (Å²) in [5, 5.41) is 10.0. The Morgan fingerprint density at radius 1 is 1.32 bits per heavy atom.